The first kappa shape index (κ1) is 17.2. The third kappa shape index (κ3) is 3.72. The zero-order chi connectivity index (χ0) is 18.1. The maximum atomic E-state index is 12.2. The van der Waals surface area contributed by atoms with E-state index in [4.69, 9.17) is 23.2 Å². The molecule has 0 aliphatic rings. The predicted molar refractivity (Wildman–Crippen MR) is 96.2 cm³/mol. The van der Waals surface area contributed by atoms with Crippen molar-refractivity contribution in [3.05, 3.63) is 51.8 Å². The van der Waals surface area contributed by atoms with Gasteiger partial charge < -0.3 is 5.32 Å². The van der Waals surface area contributed by atoms with Crippen LogP contribution in [0.25, 0.3) is 11.0 Å². The molecule has 0 aliphatic heterocycles. The molecular formula is C16H13Cl2N5O2. The molecule has 0 saturated carbocycles. The fourth-order valence-corrected chi connectivity index (χ4v) is 2.92. The highest BCUT2D eigenvalue weighted by Gasteiger charge is 2.14. The van der Waals surface area contributed by atoms with E-state index in [0.29, 0.717) is 21.4 Å². The number of benzene rings is 1. The predicted octanol–water partition coefficient (Wildman–Crippen LogP) is 3.55. The number of anilines is 1. The van der Waals surface area contributed by atoms with Crippen molar-refractivity contribution in [1.82, 2.24) is 20.1 Å². The van der Waals surface area contributed by atoms with Crippen LogP contribution in [0.5, 0.6) is 0 Å². The number of pyridine rings is 1. The number of rotatable bonds is 2. The number of aryl methyl sites for hydroxylation is 2. The quantitative estimate of drug-likeness (QED) is 0.714. The van der Waals surface area contributed by atoms with E-state index in [1.807, 2.05) is 6.92 Å². The van der Waals surface area contributed by atoms with Crippen molar-refractivity contribution in [3.8, 4) is 0 Å². The molecule has 9 heteroatoms. The van der Waals surface area contributed by atoms with E-state index >= 15 is 0 Å². The number of urea groups is 1. The lowest BCUT2D eigenvalue weighted by Gasteiger charge is -2.08. The minimum absolute atomic E-state index is 0.253. The summed E-state index contributed by atoms with van der Waals surface area (Å²) in [7, 11) is 1.77. The zero-order valence-corrected chi connectivity index (χ0v) is 14.8. The Morgan fingerprint density at radius 2 is 1.80 bits per heavy atom. The summed E-state index contributed by atoms with van der Waals surface area (Å²) in [5, 5.41) is 10.5. The number of hydrogen-bond acceptors (Lipinski definition) is 4. The van der Waals surface area contributed by atoms with Gasteiger partial charge in [0.1, 0.15) is 0 Å². The van der Waals surface area contributed by atoms with Crippen LogP contribution in [-0.2, 0) is 7.05 Å². The summed E-state index contributed by atoms with van der Waals surface area (Å²) in [6.45, 7) is 1.82. The van der Waals surface area contributed by atoms with Gasteiger partial charge in [0.15, 0.2) is 5.65 Å². The van der Waals surface area contributed by atoms with Crippen LogP contribution in [0.1, 0.15) is 16.1 Å². The zero-order valence-electron chi connectivity index (χ0n) is 13.3. The third-order valence-corrected chi connectivity index (χ3v) is 3.91. The fraction of sp³-hybridized carbons (Fsp3) is 0.125. The Labute approximate surface area is 152 Å². The Kier molecular flexibility index (Phi) is 4.61. The molecule has 2 N–H and O–H groups in total. The molecule has 3 rings (SSSR count). The molecule has 0 bridgehead atoms. The highest BCUT2D eigenvalue weighted by molar-refractivity contribution is 6.35. The second-order valence-corrected chi connectivity index (χ2v) is 6.24. The maximum Gasteiger partial charge on any atom is 0.326 e. The highest BCUT2D eigenvalue weighted by atomic mass is 35.5. The Morgan fingerprint density at radius 3 is 2.48 bits per heavy atom. The van der Waals surface area contributed by atoms with E-state index in [2.05, 4.69) is 20.7 Å². The van der Waals surface area contributed by atoms with Crippen LogP contribution in [0.2, 0.25) is 10.0 Å². The van der Waals surface area contributed by atoms with Crippen LogP contribution in [0.4, 0.5) is 10.5 Å². The van der Waals surface area contributed by atoms with Crippen molar-refractivity contribution in [2.75, 3.05) is 5.32 Å². The second kappa shape index (κ2) is 6.70. The molecule has 0 atom stereocenters. The highest BCUT2D eigenvalue weighted by Crippen LogP contribution is 2.22. The van der Waals surface area contributed by atoms with Crippen LogP contribution < -0.4 is 10.6 Å². The summed E-state index contributed by atoms with van der Waals surface area (Å²) in [5.74, 6) is -0.580. The van der Waals surface area contributed by atoms with Gasteiger partial charge in [0.2, 0.25) is 0 Å². The van der Waals surface area contributed by atoms with Crippen LogP contribution >= 0.6 is 23.2 Å². The van der Waals surface area contributed by atoms with E-state index in [1.165, 1.54) is 24.4 Å². The topological polar surface area (TPSA) is 88.9 Å². The first-order valence-corrected chi connectivity index (χ1v) is 7.97. The molecule has 2 heterocycles. The van der Waals surface area contributed by atoms with Gasteiger partial charge in [-0.1, -0.05) is 23.2 Å². The van der Waals surface area contributed by atoms with E-state index in [9.17, 15) is 9.59 Å². The molecule has 0 saturated heterocycles. The molecule has 2 aromatic heterocycles. The lowest BCUT2D eigenvalue weighted by atomic mass is 10.2. The van der Waals surface area contributed by atoms with Crippen LogP contribution in [0.3, 0.4) is 0 Å². The lowest BCUT2D eigenvalue weighted by molar-refractivity contribution is 0.0967. The SMILES string of the molecule is Cc1nn(C)c2ncc(C(=O)NC(=O)Nc3cc(Cl)cc(Cl)c3)cc12. The Bertz CT molecular complexity index is 979. The molecule has 3 amide bonds. The molecule has 1 aromatic carbocycles. The lowest BCUT2D eigenvalue weighted by Crippen LogP contribution is -2.34. The molecule has 128 valence electrons. The van der Waals surface area contributed by atoms with Gasteiger partial charge in [0.05, 0.1) is 11.3 Å². The minimum atomic E-state index is -0.702. The maximum absolute atomic E-state index is 12.2. The summed E-state index contributed by atoms with van der Waals surface area (Å²) < 4.78 is 1.63. The van der Waals surface area contributed by atoms with Crippen LogP contribution in [-0.4, -0.2) is 26.7 Å². The summed E-state index contributed by atoms with van der Waals surface area (Å²) in [6, 6.07) is 5.51. The van der Waals surface area contributed by atoms with Gasteiger partial charge in [-0.2, -0.15) is 5.10 Å². The van der Waals surface area contributed by atoms with Crippen LogP contribution in [0.15, 0.2) is 30.5 Å². The largest absolute Gasteiger partial charge is 0.326 e. The van der Waals surface area contributed by atoms with Gasteiger partial charge in [-0.25, -0.2) is 9.78 Å². The molecule has 25 heavy (non-hydrogen) atoms. The third-order valence-electron chi connectivity index (χ3n) is 3.47. The minimum Gasteiger partial charge on any atom is -0.308 e. The molecule has 0 unspecified atom stereocenters. The average molecular weight is 378 g/mol. The molecule has 0 spiro atoms. The fourth-order valence-electron chi connectivity index (χ4n) is 2.40. The molecule has 0 radical (unpaired) electrons. The normalized spacial score (nSPS) is 10.7. The smallest absolute Gasteiger partial charge is 0.308 e. The second-order valence-electron chi connectivity index (χ2n) is 5.37. The number of carbonyl (C=O) groups is 2. The first-order valence-electron chi connectivity index (χ1n) is 7.21. The van der Waals surface area contributed by atoms with E-state index < -0.39 is 11.9 Å². The number of aromatic nitrogens is 3. The van der Waals surface area contributed by atoms with Crippen molar-refractivity contribution in [3.63, 3.8) is 0 Å². The number of amides is 3. The Morgan fingerprint density at radius 1 is 1.12 bits per heavy atom. The number of fused-ring (bicyclic) bond motifs is 1. The Balaban J connectivity index is 1.75. The number of imide groups is 1. The summed E-state index contributed by atoms with van der Waals surface area (Å²) in [5.41, 5.74) is 2.03. The molecule has 7 nitrogen and oxygen atoms in total. The van der Waals surface area contributed by atoms with E-state index in [0.717, 1.165) is 11.1 Å². The van der Waals surface area contributed by atoms with Gasteiger partial charge in [0, 0.05) is 34.4 Å². The van der Waals surface area contributed by atoms with Crippen molar-refractivity contribution < 1.29 is 9.59 Å². The molecular weight excluding hydrogens is 365 g/mol. The van der Waals surface area contributed by atoms with Gasteiger partial charge in [-0.3, -0.25) is 14.8 Å². The summed E-state index contributed by atoms with van der Waals surface area (Å²) in [4.78, 5) is 28.4. The van der Waals surface area contributed by atoms with E-state index in [-0.39, 0.29) is 5.56 Å². The number of nitrogens with zero attached hydrogens (tertiary/aromatic N) is 3. The first-order chi connectivity index (χ1) is 11.8. The average Bonchev–Trinajstić information content (AvgIpc) is 2.80. The number of hydrogen-bond donors (Lipinski definition) is 2. The van der Waals surface area contributed by atoms with E-state index in [1.54, 1.807) is 17.8 Å². The van der Waals surface area contributed by atoms with Gasteiger partial charge in [0.25, 0.3) is 5.91 Å². The number of nitrogens with one attached hydrogen (secondary N) is 2. The number of carbonyl (C=O) groups excluding carboxylic acids is 2. The standard InChI is InChI=1S/C16H13Cl2N5O2/c1-8-13-3-9(7-19-14(13)23(2)22-8)15(24)21-16(25)20-12-5-10(17)4-11(18)6-12/h3-7H,1-2H3,(H2,20,21,24,25). The van der Waals surface area contributed by atoms with Crippen molar-refractivity contribution in [2.24, 2.45) is 7.05 Å². The molecule has 3 aromatic rings. The van der Waals surface area contributed by atoms with Gasteiger partial charge >= 0.3 is 6.03 Å². The molecule has 0 aliphatic carbocycles. The number of halogens is 2. The van der Waals surface area contributed by atoms with Crippen molar-refractivity contribution in [2.45, 2.75) is 6.92 Å². The Hall–Kier alpha value is -2.64. The van der Waals surface area contributed by atoms with Crippen LogP contribution in [0, 0.1) is 6.92 Å². The monoisotopic (exact) mass is 377 g/mol. The van der Waals surface area contributed by atoms with Gasteiger partial charge in [-0.15, -0.1) is 0 Å². The molecule has 0 fully saturated rings. The summed E-state index contributed by atoms with van der Waals surface area (Å²) in [6.07, 6.45) is 1.39. The van der Waals surface area contributed by atoms with Gasteiger partial charge in [-0.05, 0) is 31.2 Å². The summed E-state index contributed by atoms with van der Waals surface area (Å²) >= 11 is 11.7. The van der Waals surface area contributed by atoms with Crippen molar-refractivity contribution >= 4 is 51.9 Å². The van der Waals surface area contributed by atoms with Crippen molar-refractivity contribution in [1.29, 1.82) is 0 Å².